The number of esters is 1. The van der Waals surface area contributed by atoms with Crippen LogP contribution >= 0.6 is 0 Å². The molecule has 68 valence electrons. The number of rotatable bonds is 2. The van der Waals surface area contributed by atoms with Crippen molar-refractivity contribution in [3.05, 3.63) is 12.2 Å². The van der Waals surface area contributed by atoms with Crippen LogP contribution in [0.4, 0.5) is 0 Å². The fourth-order valence-corrected chi connectivity index (χ4v) is 1.29. The highest BCUT2D eigenvalue weighted by Crippen LogP contribution is 2.10. The van der Waals surface area contributed by atoms with E-state index in [2.05, 4.69) is 6.08 Å². The Morgan fingerprint density at radius 1 is 1.67 bits per heavy atom. The van der Waals surface area contributed by atoms with Gasteiger partial charge in [-0.15, -0.1) is 0 Å². The minimum absolute atomic E-state index is 0.0741. The van der Waals surface area contributed by atoms with E-state index in [1.807, 2.05) is 24.9 Å². The zero-order valence-electron chi connectivity index (χ0n) is 7.62. The van der Waals surface area contributed by atoms with Gasteiger partial charge in [0.25, 0.3) is 0 Å². The number of hydrogen-bond acceptors (Lipinski definition) is 3. The van der Waals surface area contributed by atoms with Gasteiger partial charge in [0, 0.05) is 6.54 Å². The summed E-state index contributed by atoms with van der Waals surface area (Å²) in [5.74, 6) is -0.107. The summed E-state index contributed by atoms with van der Waals surface area (Å²) in [5, 5.41) is 0. The second-order valence-electron chi connectivity index (χ2n) is 2.91. The quantitative estimate of drug-likeness (QED) is 0.452. The lowest BCUT2D eigenvalue weighted by Gasteiger charge is -2.26. The van der Waals surface area contributed by atoms with Gasteiger partial charge in [0.15, 0.2) is 0 Å². The lowest BCUT2D eigenvalue weighted by molar-refractivity contribution is -0.148. The zero-order valence-corrected chi connectivity index (χ0v) is 7.62. The zero-order chi connectivity index (χ0) is 8.97. The lowest BCUT2D eigenvalue weighted by Crippen LogP contribution is -2.41. The molecular weight excluding hydrogens is 154 g/mol. The summed E-state index contributed by atoms with van der Waals surface area (Å²) in [6.07, 6.45) is 4.87. The van der Waals surface area contributed by atoms with Crippen molar-refractivity contribution in [1.29, 1.82) is 0 Å². The standard InChI is InChI=1S/C9H15NO2/c1-3-12-9(11)8-6-4-5-7-10(8)2/h4-5,8H,3,6-7H2,1-2H3. The molecule has 0 radical (unpaired) electrons. The summed E-state index contributed by atoms with van der Waals surface area (Å²) >= 11 is 0. The second kappa shape index (κ2) is 4.26. The topological polar surface area (TPSA) is 29.5 Å². The van der Waals surface area contributed by atoms with Crippen LogP contribution in [0.2, 0.25) is 0 Å². The monoisotopic (exact) mass is 169 g/mol. The first-order valence-corrected chi connectivity index (χ1v) is 4.27. The van der Waals surface area contributed by atoms with Crippen molar-refractivity contribution >= 4 is 5.97 Å². The summed E-state index contributed by atoms with van der Waals surface area (Å²) in [5.41, 5.74) is 0. The Balaban J connectivity index is 2.49. The van der Waals surface area contributed by atoms with Gasteiger partial charge >= 0.3 is 5.97 Å². The SMILES string of the molecule is CCOC(=O)C1CC=CCN1C. The average Bonchev–Trinajstić information content (AvgIpc) is 2.05. The molecule has 0 aromatic carbocycles. The third-order valence-electron chi connectivity index (χ3n) is 2.01. The molecule has 0 bridgehead atoms. The van der Waals surface area contributed by atoms with Crippen LogP contribution in [0.5, 0.6) is 0 Å². The molecule has 0 spiro atoms. The largest absolute Gasteiger partial charge is 0.465 e. The lowest BCUT2D eigenvalue weighted by atomic mass is 10.1. The van der Waals surface area contributed by atoms with Crippen molar-refractivity contribution < 1.29 is 9.53 Å². The number of likely N-dealkylation sites (N-methyl/N-ethyl adjacent to an activating group) is 1. The van der Waals surface area contributed by atoms with E-state index in [4.69, 9.17) is 4.74 Å². The van der Waals surface area contributed by atoms with Crippen LogP contribution in [0.15, 0.2) is 12.2 Å². The summed E-state index contributed by atoms with van der Waals surface area (Å²) < 4.78 is 4.94. The molecule has 12 heavy (non-hydrogen) atoms. The molecule has 0 saturated heterocycles. The van der Waals surface area contributed by atoms with Gasteiger partial charge < -0.3 is 4.74 Å². The molecule has 0 saturated carbocycles. The van der Waals surface area contributed by atoms with Gasteiger partial charge in [-0.05, 0) is 20.4 Å². The summed E-state index contributed by atoms with van der Waals surface area (Å²) in [7, 11) is 1.94. The van der Waals surface area contributed by atoms with E-state index in [9.17, 15) is 4.79 Å². The van der Waals surface area contributed by atoms with E-state index in [-0.39, 0.29) is 12.0 Å². The third kappa shape index (κ3) is 2.08. The Bertz CT molecular complexity index is 189. The first-order chi connectivity index (χ1) is 5.75. The minimum Gasteiger partial charge on any atom is -0.465 e. The van der Waals surface area contributed by atoms with Gasteiger partial charge in [-0.3, -0.25) is 9.69 Å². The summed E-state index contributed by atoms with van der Waals surface area (Å²) in [6, 6.07) is -0.0741. The van der Waals surface area contributed by atoms with Gasteiger partial charge in [-0.25, -0.2) is 0 Å². The molecule has 0 fully saturated rings. The Morgan fingerprint density at radius 3 is 3.00 bits per heavy atom. The Hall–Kier alpha value is -0.830. The van der Waals surface area contributed by atoms with Crippen molar-refractivity contribution in [2.75, 3.05) is 20.2 Å². The molecule has 1 rings (SSSR count). The fourth-order valence-electron chi connectivity index (χ4n) is 1.29. The third-order valence-corrected chi connectivity index (χ3v) is 2.01. The molecule has 0 aromatic heterocycles. The Morgan fingerprint density at radius 2 is 2.42 bits per heavy atom. The van der Waals surface area contributed by atoms with Crippen LogP contribution < -0.4 is 0 Å². The normalized spacial score (nSPS) is 24.0. The smallest absolute Gasteiger partial charge is 0.323 e. The van der Waals surface area contributed by atoms with E-state index in [1.54, 1.807) is 0 Å². The minimum atomic E-state index is -0.107. The molecule has 0 aromatic rings. The second-order valence-corrected chi connectivity index (χ2v) is 2.91. The first kappa shape index (κ1) is 9.26. The van der Waals surface area contributed by atoms with E-state index >= 15 is 0 Å². The number of carbonyl (C=O) groups excluding carboxylic acids is 1. The highest BCUT2D eigenvalue weighted by molar-refractivity contribution is 5.76. The predicted octanol–water partition coefficient (Wildman–Crippen LogP) is 0.810. The van der Waals surface area contributed by atoms with Crippen molar-refractivity contribution in [3.63, 3.8) is 0 Å². The van der Waals surface area contributed by atoms with Crippen LogP contribution in [0.3, 0.4) is 0 Å². The summed E-state index contributed by atoms with van der Waals surface area (Å²) in [4.78, 5) is 13.3. The molecule has 0 amide bonds. The number of hydrogen-bond donors (Lipinski definition) is 0. The van der Waals surface area contributed by atoms with Crippen molar-refractivity contribution in [2.45, 2.75) is 19.4 Å². The predicted molar refractivity (Wildman–Crippen MR) is 46.8 cm³/mol. The molecule has 3 heteroatoms. The van der Waals surface area contributed by atoms with Crippen LogP contribution in [-0.4, -0.2) is 37.1 Å². The van der Waals surface area contributed by atoms with Gasteiger partial charge in [0.2, 0.25) is 0 Å². The molecule has 1 aliphatic heterocycles. The van der Waals surface area contributed by atoms with E-state index < -0.39 is 0 Å². The summed E-state index contributed by atoms with van der Waals surface area (Å²) in [6.45, 7) is 3.13. The maximum absolute atomic E-state index is 11.3. The van der Waals surface area contributed by atoms with Gasteiger partial charge in [0.05, 0.1) is 6.61 Å². The molecule has 1 atom stereocenters. The highest BCUT2D eigenvalue weighted by Gasteiger charge is 2.24. The van der Waals surface area contributed by atoms with Crippen LogP contribution in [0, 0.1) is 0 Å². The molecule has 0 N–H and O–H groups in total. The fraction of sp³-hybridized carbons (Fsp3) is 0.667. The van der Waals surface area contributed by atoms with E-state index in [0.717, 1.165) is 13.0 Å². The number of carbonyl (C=O) groups is 1. The van der Waals surface area contributed by atoms with Gasteiger partial charge in [-0.1, -0.05) is 12.2 Å². The van der Waals surface area contributed by atoms with Crippen LogP contribution in [-0.2, 0) is 9.53 Å². The van der Waals surface area contributed by atoms with Gasteiger partial charge in [-0.2, -0.15) is 0 Å². The average molecular weight is 169 g/mol. The molecule has 0 aliphatic carbocycles. The Labute approximate surface area is 73.0 Å². The first-order valence-electron chi connectivity index (χ1n) is 4.27. The van der Waals surface area contributed by atoms with Crippen molar-refractivity contribution in [3.8, 4) is 0 Å². The molecule has 1 aliphatic rings. The van der Waals surface area contributed by atoms with Gasteiger partial charge in [0.1, 0.15) is 6.04 Å². The van der Waals surface area contributed by atoms with Crippen molar-refractivity contribution in [1.82, 2.24) is 4.90 Å². The van der Waals surface area contributed by atoms with E-state index in [1.165, 1.54) is 0 Å². The number of ether oxygens (including phenoxy) is 1. The van der Waals surface area contributed by atoms with Crippen molar-refractivity contribution in [2.24, 2.45) is 0 Å². The number of nitrogens with zero attached hydrogens (tertiary/aromatic N) is 1. The Kier molecular flexibility index (Phi) is 3.29. The maximum atomic E-state index is 11.3. The van der Waals surface area contributed by atoms with E-state index in [0.29, 0.717) is 6.61 Å². The molecule has 1 unspecified atom stereocenters. The maximum Gasteiger partial charge on any atom is 0.323 e. The molecule has 3 nitrogen and oxygen atoms in total. The van der Waals surface area contributed by atoms with Crippen LogP contribution in [0.25, 0.3) is 0 Å². The molecular formula is C9H15NO2. The highest BCUT2D eigenvalue weighted by atomic mass is 16.5. The van der Waals surface area contributed by atoms with Crippen LogP contribution in [0.1, 0.15) is 13.3 Å². The molecule has 1 heterocycles.